The Bertz CT molecular complexity index is 852. The number of aromatic nitrogens is 3. The summed E-state index contributed by atoms with van der Waals surface area (Å²) in [5, 5.41) is 10.4. The molecule has 0 saturated heterocycles. The van der Waals surface area contributed by atoms with Gasteiger partial charge in [-0.15, -0.1) is 5.10 Å². The molecule has 1 aromatic heterocycles. The molecule has 0 bridgehead atoms. The highest BCUT2D eigenvalue weighted by atomic mass is 32.2. The molecular weight excluding hydrogens is 334 g/mol. The molecule has 1 aromatic carbocycles. The molecule has 9 nitrogen and oxygen atoms in total. The van der Waals surface area contributed by atoms with Crippen molar-refractivity contribution in [1.29, 1.82) is 0 Å². The fourth-order valence-corrected chi connectivity index (χ4v) is 2.84. The molecule has 0 atom stereocenters. The number of benzene rings is 1. The van der Waals surface area contributed by atoms with Gasteiger partial charge in [0.1, 0.15) is 11.0 Å². The number of fused-ring (bicyclic) bond motifs is 1. The monoisotopic (exact) mass is 355 g/mol. The number of rotatable bonds is 5. The summed E-state index contributed by atoms with van der Waals surface area (Å²) < 4.78 is 25.5. The number of nitrogens with zero attached hydrogens (tertiary/aromatic N) is 4. The van der Waals surface area contributed by atoms with Crippen LogP contribution in [0.5, 0.6) is 0 Å². The van der Waals surface area contributed by atoms with E-state index in [1.807, 2.05) is 20.8 Å². The van der Waals surface area contributed by atoms with E-state index in [0.29, 0.717) is 11.0 Å². The van der Waals surface area contributed by atoms with E-state index in [0.717, 1.165) is 9.15 Å². The predicted molar refractivity (Wildman–Crippen MR) is 87.7 cm³/mol. The van der Waals surface area contributed by atoms with Gasteiger partial charge in [-0.25, -0.2) is 12.7 Å². The first-order valence-corrected chi connectivity index (χ1v) is 8.67. The van der Waals surface area contributed by atoms with E-state index >= 15 is 0 Å². The zero-order valence-corrected chi connectivity index (χ0v) is 15.1. The van der Waals surface area contributed by atoms with Gasteiger partial charge in [0, 0.05) is 19.6 Å². The highest BCUT2D eigenvalue weighted by molar-refractivity contribution is 7.89. The fraction of sp³-hybridized carbons (Fsp3) is 0.500. The molecule has 0 saturated carbocycles. The Balaban J connectivity index is 2.25. The van der Waals surface area contributed by atoms with E-state index in [1.165, 1.54) is 32.3 Å². The van der Waals surface area contributed by atoms with Crippen LogP contribution in [-0.4, -0.2) is 60.0 Å². The zero-order chi connectivity index (χ0) is 18.1. The van der Waals surface area contributed by atoms with Crippen molar-refractivity contribution in [1.82, 2.24) is 24.8 Å². The van der Waals surface area contributed by atoms with Crippen LogP contribution in [0.2, 0.25) is 0 Å². The average molecular weight is 355 g/mol. The number of hydrogen-bond donors (Lipinski definition) is 1. The van der Waals surface area contributed by atoms with E-state index in [4.69, 9.17) is 4.84 Å². The van der Waals surface area contributed by atoms with Crippen molar-refractivity contribution < 1.29 is 18.0 Å². The molecule has 0 spiro atoms. The number of carbonyl (C=O) groups excluding carboxylic acids is 1. The quantitative estimate of drug-likeness (QED) is 0.811. The van der Waals surface area contributed by atoms with Crippen LogP contribution >= 0.6 is 0 Å². The fourth-order valence-electron chi connectivity index (χ4n) is 1.92. The molecule has 10 heteroatoms. The van der Waals surface area contributed by atoms with E-state index in [9.17, 15) is 13.2 Å². The zero-order valence-electron chi connectivity index (χ0n) is 14.3. The van der Waals surface area contributed by atoms with Gasteiger partial charge in [-0.3, -0.25) is 4.79 Å². The summed E-state index contributed by atoms with van der Waals surface area (Å²) in [5.74, 6) is -0.316. The summed E-state index contributed by atoms with van der Waals surface area (Å²) in [6.07, 6.45) is 0. The van der Waals surface area contributed by atoms with Crippen molar-refractivity contribution in [3.8, 4) is 0 Å². The molecule has 0 radical (unpaired) electrons. The lowest BCUT2D eigenvalue weighted by Gasteiger charge is -2.20. The van der Waals surface area contributed by atoms with E-state index in [2.05, 4.69) is 15.6 Å². The molecule has 0 aliphatic rings. The van der Waals surface area contributed by atoms with Gasteiger partial charge >= 0.3 is 0 Å². The van der Waals surface area contributed by atoms with Crippen molar-refractivity contribution in [2.75, 3.05) is 20.7 Å². The second kappa shape index (κ2) is 6.36. The lowest BCUT2D eigenvalue weighted by Crippen LogP contribution is -2.44. The first-order chi connectivity index (χ1) is 11.0. The van der Waals surface area contributed by atoms with Crippen molar-refractivity contribution in [2.45, 2.75) is 31.2 Å². The maximum Gasteiger partial charge on any atom is 0.261 e. The minimum absolute atomic E-state index is 0.0892. The molecule has 2 aromatic rings. The minimum Gasteiger partial charge on any atom is -0.385 e. The topological polar surface area (TPSA) is 106 Å². The summed E-state index contributed by atoms with van der Waals surface area (Å²) >= 11 is 0. The van der Waals surface area contributed by atoms with Crippen molar-refractivity contribution in [3.63, 3.8) is 0 Å². The van der Waals surface area contributed by atoms with Crippen LogP contribution < -0.4 is 10.2 Å². The smallest absolute Gasteiger partial charge is 0.261 e. The molecule has 0 aliphatic heterocycles. The molecule has 0 unspecified atom stereocenters. The number of sulfonamides is 1. The molecule has 2 rings (SSSR count). The third-order valence-corrected chi connectivity index (χ3v) is 4.81. The molecule has 1 amide bonds. The Morgan fingerprint density at radius 1 is 1.33 bits per heavy atom. The molecule has 1 N–H and O–H groups in total. The lowest BCUT2D eigenvalue weighted by molar-refractivity contribution is -0.127. The second-order valence-corrected chi connectivity index (χ2v) is 8.62. The molecule has 132 valence electrons. The van der Waals surface area contributed by atoms with Crippen LogP contribution in [0.1, 0.15) is 20.8 Å². The summed E-state index contributed by atoms with van der Waals surface area (Å²) in [5.41, 5.74) is 0.447. The Kier molecular flexibility index (Phi) is 4.81. The van der Waals surface area contributed by atoms with Gasteiger partial charge in [-0.05, 0) is 44.2 Å². The molecular formula is C14H21N5O4S. The first-order valence-electron chi connectivity index (χ1n) is 7.23. The van der Waals surface area contributed by atoms with E-state index in [1.54, 1.807) is 0 Å². The van der Waals surface area contributed by atoms with Crippen LogP contribution in [0, 0.1) is 0 Å². The second-order valence-electron chi connectivity index (χ2n) is 6.47. The standard InChI is InChI=1S/C14H21N5O4S/c1-14(2,3)15-13(20)9-23-19-12-8-10(24(21,22)18(4)5)6-7-11(12)16-17-19/h6-8H,9H2,1-5H3,(H,15,20). The maximum absolute atomic E-state index is 12.2. The molecule has 0 fully saturated rings. The Morgan fingerprint density at radius 3 is 2.58 bits per heavy atom. The van der Waals surface area contributed by atoms with Gasteiger partial charge in [0.05, 0.1) is 4.90 Å². The Hall–Kier alpha value is -2.20. The van der Waals surface area contributed by atoms with Crippen LogP contribution in [0.4, 0.5) is 0 Å². The normalized spacial score (nSPS) is 12.6. The third-order valence-electron chi connectivity index (χ3n) is 3.00. The highest BCUT2D eigenvalue weighted by Gasteiger charge is 2.20. The maximum atomic E-state index is 12.2. The number of amides is 1. The van der Waals surface area contributed by atoms with Crippen molar-refractivity contribution in [2.24, 2.45) is 0 Å². The minimum atomic E-state index is -3.59. The molecule has 1 heterocycles. The summed E-state index contributed by atoms with van der Waals surface area (Å²) in [7, 11) is -0.695. The third kappa shape index (κ3) is 4.01. The van der Waals surface area contributed by atoms with Crippen molar-refractivity contribution in [3.05, 3.63) is 18.2 Å². The summed E-state index contributed by atoms with van der Waals surface area (Å²) in [4.78, 5) is 18.3. The van der Waals surface area contributed by atoms with Crippen LogP contribution in [0.3, 0.4) is 0 Å². The van der Waals surface area contributed by atoms with Gasteiger partial charge in [-0.1, -0.05) is 4.85 Å². The Labute approximate surface area is 140 Å². The largest absolute Gasteiger partial charge is 0.385 e. The van der Waals surface area contributed by atoms with Crippen LogP contribution in [-0.2, 0) is 14.8 Å². The van der Waals surface area contributed by atoms with Gasteiger partial charge in [0.25, 0.3) is 5.91 Å². The van der Waals surface area contributed by atoms with Crippen LogP contribution in [0.25, 0.3) is 11.0 Å². The van der Waals surface area contributed by atoms with Gasteiger partial charge in [-0.2, -0.15) is 0 Å². The predicted octanol–water partition coefficient (Wildman–Crippen LogP) is 0.0249. The number of nitrogens with one attached hydrogen (secondary N) is 1. The summed E-state index contributed by atoms with van der Waals surface area (Å²) in [6.45, 7) is 5.30. The number of carbonyl (C=O) groups is 1. The Morgan fingerprint density at radius 2 is 2.00 bits per heavy atom. The molecule has 0 aliphatic carbocycles. The first kappa shape index (κ1) is 18.1. The summed E-state index contributed by atoms with van der Waals surface area (Å²) in [6, 6.07) is 4.39. The van der Waals surface area contributed by atoms with E-state index in [-0.39, 0.29) is 22.9 Å². The lowest BCUT2D eigenvalue weighted by atomic mass is 10.1. The average Bonchev–Trinajstić information content (AvgIpc) is 2.85. The van der Waals surface area contributed by atoms with Gasteiger partial charge in [0.2, 0.25) is 10.0 Å². The SMILES string of the molecule is CN(C)S(=O)(=O)c1ccc2nnn(OCC(=O)NC(C)(C)C)c2c1. The van der Waals surface area contributed by atoms with Crippen molar-refractivity contribution >= 4 is 27.0 Å². The van der Waals surface area contributed by atoms with Gasteiger partial charge in [0.15, 0.2) is 6.61 Å². The number of hydrogen-bond acceptors (Lipinski definition) is 6. The van der Waals surface area contributed by atoms with Gasteiger partial charge < -0.3 is 10.2 Å². The molecule has 24 heavy (non-hydrogen) atoms. The van der Waals surface area contributed by atoms with Crippen LogP contribution in [0.15, 0.2) is 23.1 Å². The highest BCUT2D eigenvalue weighted by Crippen LogP contribution is 2.18. The van der Waals surface area contributed by atoms with E-state index < -0.39 is 10.0 Å².